The van der Waals surface area contributed by atoms with E-state index < -0.39 is 16.3 Å². The number of carbonyl (C=O) groups excluding carboxylic acids is 1. The molecule has 1 N–H and O–H groups in total. The van der Waals surface area contributed by atoms with E-state index >= 15 is 0 Å². The Labute approximate surface area is 166 Å². The maximum atomic E-state index is 13.0. The average Bonchev–Trinajstić information content (AvgIpc) is 2.67. The van der Waals surface area contributed by atoms with Crippen LogP contribution in [0.4, 0.5) is 5.95 Å². The van der Waals surface area contributed by atoms with Crippen molar-refractivity contribution < 1.29 is 17.9 Å². The van der Waals surface area contributed by atoms with Crippen LogP contribution in [-0.2, 0) is 19.7 Å². The summed E-state index contributed by atoms with van der Waals surface area (Å²) in [4.78, 5) is 22.4. The zero-order valence-corrected chi connectivity index (χ0v) is 17.3. The lowest BCUT2D eigenvalue weighted by molar-refractivity contribution is -0.121. The van der Waals surface area contributed by atoms with Crippen LogP contribution in [0.2, 0.25) is 0 Å². The van der Waals surface area contributed by atoms with Crippen LogP contribution in [0.5, 0.6) is 0 Å². The normalized spacial score (nSPS) is 26.7. The number of ether oxygens (including phenoxy) is 1. The Hall–Kier alpha value is -1.66. The molecule has 0 aliphatic carbocycles. The Kier molecular flexibility index (Phi) is 6.61. The molecule has 2 aliphatic heterocycles. The molecule has 3 heterocycles. The van der Waals surface area contributed by atoms with Crippen LogP contribution < -0.4 is 5.32 Å². The standard InChI is InChI=1S/C17H28N6O4S/c1-13-11-23(12-14(2)27-13)28(25,26)22-9-7-21(8-10-22)15(3)16(24)20-17-18-5-4-6-19-17/h4-6,13-15H,7-12H2,1-3H3,(H,18,19,20,24)/t13-,14+,15-/m1/s1. The summed E-state index contributed by atoms with van der Waals surface area (Å²) in [6.45, 7) is 7.96. The second-order valence-electron chi connectivity index (χ2n) is 7.25. The summed E-state index contributed by atoms with van der Waals surface area (Å²) in [7, 11) is -3.53. The number of rotatable bonds is 5. The minimum absolute atomic E-state index is 0.122. The van der Waals surface area contributed by atoms with Gasteiger partial charge in [0.25, 0.3) is 10.2 Å². The van der Waals surface area contributed by atoms with Crippen LogP contribution in [0.3, 0.4) is 0 Å². The van der Waals surface area contributed by atoms with Crippen LogP contribution in [0.25, 0.3) is 0 Å². The highest BCUT2D eigenvalue weighted by molar-refractivity contribution is 7.86. The molecule has 2 aliphatic rings. The van der Waals surface area contributed by atoms with Crippen LogP contribution in [0.1, 0.15) is 20.8 Å². The van der Waals surface area contributed by atoms with Crippen LogP contribution >= 0.6 is 0 Å². The van der Waals surface area contributed by atoms with Crippen molar-refractivity contribution in [2.24, 2.45) is 0 Å². The SMILES string of the molecule is C[C@@H]1CN(S(=O)(=O)N2CCN([C@H](C)C(=O)Nc3ncccn3)CC2)C[C@H](C)O1. The molecular weight excluding hydrogens is 384 g/mol. The lowest BCUT2D eigenvalue weighted by Crippen LogP contribution is -2.58. The third-order valence-electron chi connectivity index (χ3n) is 5.04. The number of aromatic nitrogens is 2. The summed E-state index contributed by atoms with van der Waals surface area (Å²) in [6, 6.07) is 1.27. The van der Waals surface area contributed by atoms with Gasteiger partial charge >= 0.3 is 0 Å². The van der Waals surface area contributed by atoms with Crippen molar-refractivity contribution in [3.8, 4) is 0 Å². The second-order valence-corrected chi connectivity index (χ2v) is 9.18. The van der Waals surface area contributed by atoms with Crippen molar-refractivity contribution in [2.75, 3.05) is 44.6 Å². The molecule has 0 unspecified atom stereocenters. The summed E-state index contributed by atoms with van der Waals surface area (Å²) >= 11 is 0. The minimum atomic E-state index is -3.53. The molecule has 0 saturated carbocycles. The summed E-state index contributed by atoms with van der Waals surface area (Å²) in [5.74, 6) is 0.0504. The summed E-state index contributed by atoms with van der Waals surface area (Å²) in [5, 5.41) is 2.69. The molecule has 0 radical (unpaired) electrons. The fourth-order valence-electron chi connectivity index (χ4n) is 3.55. The Bertz CT molecular complexity index is 759. The van der Waals surface area contributed by atoms with Gasteiger partial charge in [-0.15, -0.1) is 0 Å². The smallest absolute Gasteiger partial charge is 0.282 e. The first kappa shape index (κ1) is 21.1. The zero-order chi connectivity index (χ0) is 20.3. The monoisotopic (exact) mass is 412 g/mol. The number of anilines is 1. The Balaban J connectivity index is 1.55. The number of piperazine rings is 1. The second kappa shape index (κ2) is 8.78. The van der Waals surface area contributed by atoms with Gasteiger partial charge < -0.3 is 4.74 Å². The van der Waals surface area contributed by atoms with Gasteiger partial charge in [-0.3, -0.25) is 15.0 Å². The van der Waals surface area contributed by atoms with Crippen molar-refractivity contribution in [1.29, 1.82) is 0 Å². The summed E-state index contributed by atoms with van der Waals surface area (Å²) in [6.07, 6.45) is 2.88. The lowest BCUT2D eigenvalue weighted by atomic mass is 10.2. The molecule has 28 heavy (non-hydrogen) atoms. The van der Waals surface area contributed by atoms with Crippen LogP contribution in [-0.4, -0.2) is 95.3 Å². The highest BCUT2D eigenvalue weighted by atomic mass is 32.2. The van der Waals surface area contributed by atoms with Gasteiger partial charge in [-0.1, -0.05) is 0 Å². The van der Waals surface area contributed by atoms with E-state index in [4.69, 9.17) is 4.74 Å². The van der Waals surface area contributed by atoms with Crippen LogP contribution in [0.15, 0.2) is 18.5 Å². The first-order chi connectivity index (χ1) is 13.3. The summed E-state index contributed by atoms with van der Waals surface area (Å²) < 4.78 is 34.6. The Morgan fingerprint density at radius 2 is 1.68 bits per heavy atom. The van der Waals surface area contributed by atoms with Gasteiger partial charge in [0.1, 0.15) is 0 Å². The average molecular weight is 413 g/mol. The van der Waals surface area contributed by atoms with Crippen molar-refractivity contribution in [3.05, 3.63) is 18.5 Å². The van der Waals surface area contributed by atoms with E-state index in [1.54, 1.807) is 25.4 Å². The number of morpholine rings is 1. The number of hydrogen-bond donors (Lipinski definition) is 1. The first-order valence-corrected chi connectivity index (χ1v) is 10.9. The van der Waals surface area contributed by atoms with Gasteiger partial charge in [-0.2, -0.15) is 17.0 Å². The van der Waals surface area contributed by atoms with E-state index in [0.29, 0.717) is 39.3 Å². The molecule has 156 valence electrons. The number of nitrogens with zero attached hydrogens (tertiary/aromatic N) is 5. The molecule has 3 atom stereocenters. The molecule has 3 rings (SSSR count). The third-order valence-corrected chi connectivity index (χ3v) is 7.01. The molecule has 1 aromatic rings. The Morgan fingerprint density at radius 3 is 2.25 bits per heavy atom. The highest BCUT2D eigenvalue weighted by Gasteiger charge is 2.37. The van der Waals surface area contributed by atoms with Gasteiger partial charge in [0.2, 0.25) is 11.9 Å². The molecule has 2 fully saturated rings. The maximum Gasteiger partial charge on any atom is 0.282 e. The summed E-state index contributed by atoms with van der Waals surface area (Å²) in [5.41, 5.74) is 0. The van der Waals surface area contributed by atoms with Gasteiger partial charge in [0, 0.05) is 51.7 Å². The molecule has 0 spiro atoms. The number of amides is 1. The van der Waals surface area contributed by atoms with E-state index in [0.717, 1.165) is 0 Å². The number of nitrogens with one attached hydrogen (secondary N) is 1. The largest absolute Gasteiger partial charge is 0.373 e. The molecule has 11 heteroatoms. The van der Waals surface area contributed by atoms with E-state index in [9.17, 15) is 13.2 Å². The number of carbonyl (C=O) groups is 1. The minimum Gasteiger partial charge on any atom is -0.373 e. The zero-order valence-electron chi connectivity index (χ0n) is 16.5. The van der Waals surface area contributed by atoms with Gasteiger partial charge in [-0.05, 0) is 26.8 Å². The van der Waals surface area contributed by atoms with Gasteiger partial charge in [0.05, 0.1) is 18.2 Å². The predicted molar refractivity (Wildman–Crippen MR) is 104 cm³/mol. The third kappa shape index (κ3) is 4.84. The fourth-order valence-corrected chi connectivity index (χ4v) is 5.30. The first-order valence-electron chi connectivity index (χ1n) is 9.50. The van der Waals surface area contributed by atoms with E-state index in [2.05, 4.69) is 15.3 Å². The fraction of sp³-hybridized carbons (Fsp3) is 0.706. The topological polar surface area (TPSA) is 108 Å². The molecule has 10 nitrogen and oxygen atoms in total. The quantitative estimate of drug-likeness (QED) is 0.712. The molecule has 1 aromatic heterocycles. The molecule has 0 bridgehead atoms. The van der Waals surface area contributed by atoms with Crippen molar-refractivity contribution in [1.82, 2.24) is 23.5 Å². The predicted octanol–water partition coefficient (Wildman–Crippen LogP) is -0.225. The van der Waals surface area contributed by atoms with Crippen molar-refractivity contribution in [3.63, 3.8) is 0 Å². The van der Waals surface area contributed by atoms with E-state index in [1.807, 2.05) is 18.7 Å². The molecule has 1 amide bonds. The molecular formula is C17H28N6O4S. The lowest BCUT2D eigenvalue weighted by Gasteiger charge is -2.41. The molecule has 2 saturated heterocycles. The van der Waals surface area contributed by atoms with E-state index in [1.165, 1.54) is 8.61 Å². The van der Waals surface area contributed by atoms with Gasteiger partial charge in [0.15, 0.2) is 0 Å². The number of hydrogen-bond acceptors (Lipinski definition) is 7. The maximum absolute atomic E-state index is 13.0. The van der Waals surface area contributed by atoms with E-state index in [-0.39, 0.29) is 24.1 Å². The highest BCUT2D eigenvalue weighted by Crippen LogP contribution is 2.19. The van der Waals surface area contributed by atoms with Gasteiger partial charge in [-0.25, -0.2) is 9.97 Å². The van der Waals surface area contributed by atoms with Crippen molar-refractivity contribution >= 4 is 22.1 Å². The Morgan fingerprint density at radius 1 is 1.11 bits per heavy atom. The van der Waals surface area contributed by atoms with Crippen molar-refractivity contribution in [2.45, 2.75) is 39.0 Å². The van der Waals surface area contributed by atoms with Crippen LogP contribution in [0, 0.1) is 0 Å². The molecule has 0 aromatic carbocycles.